The lowest BCUT2D eigenvalue weighted by atomic mass is 10.1. The zero-order chi connectivity index (χ0) is 15.9. The van der Waals surface area contributed by atoms with Gasteiger partial charge in [0.25, 0.3) is 0 Å². The van der Waals surface area contributed by atoms with Gasteiger partial charge in [-0.2, -0.15) is 0 Å². The Morgan fingerprint density at radius 2 is 1.90 bits per heavy atom. The van der Waals surface area contributed by atoms with E-state index in [1.165, 1.54) is 18.2 Å². The van der Waals surface area contributed by atoms with Crippen LogP contribution in [0.1, 0.15) is 32.3 Å². The van der Waals surface area contributed by atoms with E-state index < -0.39 is 14.3 Å². The molecule has 0 amide bonds. The van der Waals surface area contributed by atoms with Crippen LogP contribution in [-0.4, -0.2) is 14.3 Å². The van der Waals surface area contributed by atoms with Gasteiger partial charge in [0, 0.05) is 6.08 Å². The molecule has 1 aromatic rings. The zero-order valence-electron chi connectivity index (χ0n) is 13.1. The monoisotopic (exact) mass is 310 g/mol. The molecule has 5 heteroatoms. The molecule has 0 N–H and O–H groups in total. The Kier molecular flexibility index (Phi) is 6.78. The van der Waals surface area contributed by atoms with Gasteiger partial charge in [-0.15, -0.1) is 0 Å². The van der Waals surface area contributed by atoms with Gasteiger partial charge in [-0.25, -0.2) is 13.8 Å². The van der Waals surface area contributed by atoms with Crippen molar-refractivity contribution in [3.05, 3.63) is 41.7 Å². The van der Waals surface area contributed by atoms with E-state index in [1.807, 2.05) is 13.1 Å². The smallest absolute Gasteiger partial charge is 0.305 e. The second kappa shape index (κ2) is 8.10. The molecule has 0 fully saturated rings. The van der Waals surface area contributed by atoms with E-state index in [4.69, 9.17) is 9.46 Å². The van der Waals surface area contributed by atoms with Crippen LogP contribution >= 0.6 is 0 Å². The normalized spacial score (nSPS) is 12.3. The minimum absolute atomic E-state index is 0.305. The summed E-state index contributed by atoms with van der Waals surface area (Å²) in [6, 6.07) is 6.91. The van der Waals surface area contributed by atoms with Crippen molar-refractivity contribution in [2.45, 2.75) is 45.8 Å². The largest absolute Gasteiger partial charge is 0.364 e. The van der Waals surface area contributed by atoms with Gasteiger partial charge in [0.15, 0.2) is 0 Å². The van der Waals surface area contributed by atoms with Gasteiger partial charge in [-0.05, 0) is 49.3 Å². The summed E-state index contributed by atoms with van der Waals surface area (Å²) in [6.45, 7) is 7.93. The predicted molar refractivity (Wildman–Crippen MR) is 84.4 cm³/mol. The Bertz CT molecular complexity index is 495. The second-order valence-electron chi connectivity index (χ2n) is 5.68. The van der Waals surface area contributed by atoms with Crippen molar-refractivity contribution in [2.24, 2.45) is 0 Å². The second-order valence-corrected chi connectivity index (χ2v) is 9.87. The molecular weight excluding hydrogens is 287 g/mol. The first-order valence-electron chi connectivity index (χ1n) is 7.18. The molecule has 0 radical (unpaired) electrons. The van der Waals surface area contributed by atoms with Crippen molar-refractivity contribution in [3.63, 3.8) is 0 Å². The fraction of sp³-hybridized carbons (Fsp3) is 0.438. The molecule has 0 unspecified atom stereocenters. The van der Waals surface area contributed by atoms with Gasteiger partial charge in [0.05, 0.1) is 0 Å². The van der Waals surface area contributed by atoms with E-state index >= 15 is 0 Å². The number of carbonyl (C=O) groups is 1. The number of halogens is 1. The molecule has 0 saturated heterocycles. The number of benzene rings is 1. The lowest BCUT2D eigenvalue weighted by molar-refractivity contribution is -0.213. The van der Waals surface area contributed by atoms with Gasteiger partial charge in [-0.1, -0.05) is 31.9 Å². The van der Waals surface area contributed by atoms with Crippen LogP contribution in [0.15, 0.2) is 30.3 Å². The average molecular weight is 310 g/mol. The van der Waals surface area contributed by atoms with Crippen LogP contribution in [0.4, 0.5) is 4.39 Å². The summed E-state index contributed by atoms with van der Waals surface area (Å²) in [6.07, 6.45) is 3.52. The molecule has 21 heavy (non-hydrogen) atoms. The van der Waals surface area contributed by atoms with Gasteiger partial charge < -0.3 is 4.89 Å². The standard InChI is InChI=1S/C16H23FO3Si/c1-5-6-11-21(3,4)20-19-16(18)12-13(2)14-7-9-15(17)10-8-14/h7-10,12H,5-6,11H2,1-4H3. The molecular formula is C16H23FO3Si. The maximum atomic E-state index is 12.8. The van der Waals surface area contributed by atoms with E-state index in [0.29, 0.717) is 5.57 Å². The fourth-order valence-electron chi connectivity index (χ4n) is 1.79. The van der Waals surface area contributed by atoms with E-state index in [-0.39, 0.29) is 5.82 Å². The number of hydrogen-bond acceptors (Lipinski definition) is 3. The fourth-order valence-corrected chi connectivity index (χ4v) is 3.39. The van der Waals surface area contributed by atoms with Gasteiger partial charge in [-0.3, -0.25) is 0 Å². The highest BCUT2D eigenvalue weighted by Gasteiger charge is 2.25. The van der Waals surface area contributed by atoms with Crippen molar-refractivity contribution in [1.82, 2.24) is 0 Å². The molecule has 1 rings (SSSR count). The van der Waals surface area contributed by atoms with Crippen LogP contribution in [0, 0.1) is 5.82 Å². The van der Waals surface area contributed by atoms with E-state index in [1.54, 1.807) is 19.1 Å². The quantitative estimate of drug-likeness (QED) is 0.317. The summed E-state index contributed by atoms with van der Waals surface area (Å²) in [5.41, 5.74) is 1.48. The maximum Gasteiger partial charge on any atom is 0.364 e. The maximum absolute atomic E-state index is 12.8. The Morgan fingerprint density at radius 1 is 1.29 bits per heavy atom. The topological polar surface area (TPSA) is 35.5 Å². The number of rotatable bonds is 7. The molecule has 116 valence electrons. The third-order valence-electron chi connectivity index (χ3n) is 3.12. The molecule has 3 nitrogen and oxygen atoms in total. The molecule has 0 atom stereocenters. The van der Waals surface area contributed by atoms with Crippen molar-refractivity contribution in [1.29, 1.82) is 0 Å². The third kappa shape index (κ3) is 6.69. The molecule has 0 aromatic heterocycles. The van der Waals surface area contributed by atoms with Crippen molar-refractivity contribution >= 4 is 19.9 Å². The summed E-state index contributed by atoms with van der Waals surface area (Å²) >= 11 is 0. The first-order chi connectivity index (χ1) is 9.84. The molecule has 0 aliphatic carbocycles. The molecule has 1 aromatic carbocycles. The minimum atomic E-state index is -1.95. The third-order valence-corrected chi connectivity index (χ3v) is 5.21. The lowest BCUT2D eigenvalue weighted by Gasteiger charge is -2.19. The Morgan fingerprint density at radius 3 is 2.48 bits per heavy atom. The van der Waals surface area contributed by atoms with Crippen LogP contribution in [0.3, 0.4) is 0 Å². The van der Waals surface area contributed by atoms with E-state index in [2.05, 4.69) is 6.92 Å². The highest BCUT2D eigenvalue weighted by molar-refractivity contribution is 6.70. The van der Waals surface area contributed by atoms with Crippen LogP contribution in [0.25, 0.3) is 5.57 Å². The zero-order valence-corrected chi connectivity index (χ0v) is 14.1. The first kappa shape index (κ1) is 17.6. The lowest BCUT2D eigenvalue weighted by Crippen LogP contribution is -2.31. The summed E-state index contributed by atoms with van der Waals surface area (Å²) in [5, 5.41) is 0. The Hall–Kier alpha value is -1.46. The number of hydrogen-bond donors (Lipinski definition) is 0. The molecule has 0 saturated carbocycles. The highest BCUT2D eigenvalue weighted by atomic mass is 28.4. The van der Waals surface area contributed by atoms with Crippen LogP contribution in [0.5, 0.6) is 0 Å². The Balaban J connectivity index is 2.56. The number of unbranched alkanes of at least 4 members (excludes halogenated alkanes) is 1. The van der Waals surface area contributed by atoms with Gasteiger partial charge in [0.1, 0.15) is 5.82 Å². The average Bonchev–Trinajstić information content (AvgIpc) is 2.44. The summed E-state index contributed by atoms with van der Waals surface area (Å²) in [4.78, 5) is 16.6. The van der Waals surface area contributed by atoms with Crippen molar-refractivity contribution < 1.29 is 18.6 Å². The van der Waals surface area contributed by atoms with Crippen LogP contribution in [0.2, 0.25) is 19.1 Å². The Labute approximate surface area is 126 Å². The van der Waals surface area contributed by atoms with E-state index in [9.17, 15) is 9.18 Å². The van der Waals surface area contributed by atoms with Crippen molar-refractivity contribution in [3.8, 4) is 0 Å². The minimum Gasteiger partial charge on any atom is -0.305 e. The first-order valence-corrected chi connectivity index (χ1v) is 10.3. The summed E-state index contributed by atoms with van der Waals surface area (Å²) in [7, 11) is -1.95. The molecule has 0 aliphatic rings. The SMILES string of the molecule is CCCC[Si](C)(C)OOC(=O)C=C(C)c1ccc(F)cc1. The number of carbonyl (C=O) groups excluding carboxylic acids is 1. The summed E-state index contributed by atoms with van der Waals surface area (Å²) < 4.78 is 18.2. The van der Waals surface area contributed by atoms with Crippen molar-refractivity contribution in [2.75, 3.05) is 0 Å². The summed E-state index contributed by atoms with van der Waals surface area (Å²) in [5.74, 6) is -0.838. The molecule has 0 aliphatic heterocycles. The van der Waals surface area contributed by atoms with E-state index in [0.717, 1.165) is 24.4 Å². The van der Waals surface area contributed by atoms with Crippen LogP contribution in [-0.2, 0) is 14.3 Å². The van der Waals surface area contributed by atoms with Gasteiger partial charge in [0.2, 0.25) is 8.32 Å². The molecule has 0 spiro atoms. The predicted octanol–water partition coefficient (Wildman–Crippen LogP) is 4.71. The van der Waals surface area contributed by atoms with Crippen LogP contribution < -0.4 is 0 Å². The highest BCUT2D eigenvalue weighted by Crippen LogP contribution is 2.17. The van der Waals surface area contributed by atoms with Gasteiger partial charge >= 0.3 is 5.97 Å². The molecule has 0 bridgehead atoms. The molecule has 0 heterocycles. The number of allylic oxidation sites excluding steroid dienone is 1.